The van der Waals surface area contributed by atoms with E-state index in [9.17, 15) is 0 Å². The number of rotatable bonds is 9. The lowest BCUT2D eigenvalue weighted by Crippen LogP contribution is -2.67. The van der Waals surface area contributed by atoms with Crippen molar-refractivity contribution < 1.29 is 23.7 Å². The van der Waals surface area contributed by atoms with Crippen LogP contribution < -0.4 is 0 Å². The smallest absolute Gasteiger partial charge is 0.146 e. The molecule has 0 unspecified atom stereocenters. The molecule has 1 spiro atoms. The van der Waals surface area contributed by atoms with Gasteiger partial charge in [-0.25, -0.2) is 0 Å². The summed E-state index contributed by atoms with van der Waals surface area (Å²) < 4.78 is 28.7. The zero-order valence-electron chi connectivity index (χ0n) is 19.9. The largest absolute Gasteiger partial charge is 0.384 e. The van der Waals surface area contributed by atoms with Gasteiger partial charge in [-0.15, -0.1) is 0 Å². The molecule has 5 fully saturated rings. The Morgan fingerprint density at radius 2 is 1.60 bits per heavy atom. The molecule has 0 aromatic rings. The number of fused-ring (bicyclic) bond motifs is 3. The van der Waals surface area contributed by atoms with Crippen LogP contribution in [0.25, 0.3) is 0 Å². The molecule has 5 heteroatoms. The molecule has 0 aromatic heterocycles. The maximum absolute atomic E-state index is 6.53. The van der Waals surface area contributed by atoms with Crippen molar-refractivity contribution >= 4 is 0 Å². The molecule has 0 heterocycles. The molecule has 30 heavy (non-hydrogen) atoms. The molecule has 174 valence electrons. The number of hydrogen-bond donors (Lipinski definition) is 0. The highest BCUT2D eigenvalue weighted by Crippen LogP contribution is 2.72. The number of hydrogen-bond acceptors (Lipinski definition) is 5. The van der Waals surface area contributed by atoms with Crippen LogP contribution in [0.5, 0.6) is 0 Å². The van der Waals surface area contributed by atoms with Crippen LogP contribution in [-0.4, -0.2) is 54.2 Å². The molecule has 5 saturated carbocycles. The molecule has 5 nitrogen and oxygen atoms in total. The van der Waals surface area contributed by atoms with E-state index in [2.05, 4.69) is 13.8 Å². The molecule has 0 N–H and O–H groups in total. The third-order valence-electron chi connectivity index (χ3n) is 9.92. The van der Waals surface area contributed by atoms with E-state index >= 15 is 0 Å². The molecule has 0 amide bonds. The van der Waals surface area contributed by atoms with Crippen molar-refractivity contribution in [2.45, 2.75) is 71.3 Å². The number of methoxy groups -OCH3 is 3. The highest BCUT2D eigenvalue weighted by Gasteiger charge is 2.68. The minimum atomic E-state index is 0.236. The van der Waals surface area contributed by atoms with Crippen LogP contribution in [0, 0.1) is 39.9 Å². The Labute approximate surface area is 183 Å². The molecule has 5 aliphatic carbocycles. The summed E-state index contributed by atoms with van der Waals surface area (Å²) in [6.07, 6.45) is 10.8. The summed E-state index contributed by atoms with van der Waals surface area (Å²) in [5.74, 6) is 2.62. The molecule has 0 aromatic carbocycles. The van der Waals surface area contributed by atoms with Crippen LogP contribution in [0.3, 0.4) is 0 Å². The topological polar surface area (TPSA) is 46.2 Å². The quantitative estimate of drug-likeness (QED) is 0.390. The molecule has 5 aliphatic rings. The number of ether oxygens (including phenoxy) is 5. The fourth-order valence-electron chi connectivity index (χ4n) is 9.00. The van der Waals surface area contributed by atoms with E-state index < -0.39 is 0 Å². The Morgan fingerprint density at radius 1 is 0.833 bits per heavy atom. The van der Waals surface area contributed by atoms with Gasteiger partial charge in [0.15, 0.2) is 0 Å². The van der Waals surface area contributed by atoms with Gasteiger partial charge in [0.25, 0.3) is 0 Å². The van der Waals surface area contributed by atoms with Crippen molar-refractivity contribution in [2.75, 3.05) is 48.1 Å². The Morgan fingerprint density at radius 3 is 2.33 bits per heavy atom. The lowest BCUT2D eigenvalue weighted by molar-refractivity contribution is -0.278. The molecule has 0 radical (unpaired) electrons. The highest BCUT2D eigenvalue weighted by molar-refractivity contribution is 5.16. The van der Waals surface area contributed by atoms with Crippen LogP contribution in [0.4, 0.5) is 0 Å². The summed E-state index contributed by atoms with van der Waals surface area (Å²) in [4.78, 5) is 0. The van der Waals surface area contributed by atoms with Gasteiger partial charge >= 0.3 is 0 Å². The second kappa shape index (κ2) is 8.97. The first-order valence-corrected chi connectivity index (χ1v) is 12.1. The Balaban J connectivity index is 1.64. The van der Waals surface area contributed by atoms with Crippen molar-refractivity contribution in [2.24, 2.45) is 39.9 Å². The molecule has 0 saturated heterocycles. The molecule has 0 aliphatic heterocycles. The minimum absolute atomic E-state index is 0.236. The van der Waals surface area contributed by atoms with Crippen molar-refractivity contribution in [1.82, 2.24) is 0 Å². The van der Waals surface area contributed by atoms with Crippen molar-refractivity contribution in [3.05, 3.63) is 0 Å². The maximum atomic E-state index is 6.53. The standard InChI is InChI=1S/C25H44O5/c1-23(15-26-3)9-6-10-24(2)20(23)8-12-25-11-7-18(13-21(24)25)19(14-29-16-27-4)22(25)30-17-28-5/h18-22H,6-17H2,1-5H3/t18-,19+,20-,21+,22-,23+,24-,25+/m1/s1. The van der Waals surface area contributed by atoms with Crippen LogP contribution in [0.15, 0.2) is 0 Å². The first kappa shape index (κ1) is 23.0. The lowest BCUT2D eigenvalue weighted by atomic mass is 9.35. The van der Waals surface area contributed by atoms with E-state index in [0.717, 1.165) is 25.0 Å². The van der Waals surface area contributed by atoms with Gasteiger partial charge in [0.05, 0.1) is 19.3 Å². The molecular formula is C25H44O5. The average molecular weight is 425 g/mol. The summed E-state index contributed by atoms with van der Waals surface area (Å²) in [5, 5.41) is 0. The molecule has 2 bridgehead atoms. The van der Waals surface area contributed by atoms with E-state index in [1.807, 2.05) is 7.11 Å². The van der Waals surface area contributed by atoms with Gasteiger partial charge in [-0.1, -0.05) is 20.3 Å². The van der Waals surface area contributed by atoms with Gasteiger partial charge < -0.3 is 23.7 Å². The van der Waals surface area contributed by atoms with Crippen LogP contribution in [-0.2, 0) is 23.7 Å². The van der Waals surface area contributed by atoms with Crippen molar-refractivity contribution in [3.8, 4) is 0 Å². The van der Waals surface area contributed by atoms with Crippen LogP contribution >= 0.6 is 0 Å². The van der Waals surface area contributed by atoms with Gasteiger partial charge in [0.2, 0.25) is 0 Å². The van der Waals surface area contributed by atoms with Gasteiger partial charge in [-0.05, 0) is 73.5 Å². The van der Waals surface area contributed by atoms with E-state index in [4.69, 9.17) is 23.7 Å². The normalized spacial score (nSPS) is 47.7. The van der Waals surface area contributed by atoms with Gasteiger partial charge in [-0.2, -0.15) is 0 Å². The van der Waals surface area contributed by atoms with E-state index in [1.54, 1.807) is 14.2 Å². The second-order valence-electron chi connectivity index (χ2n) is 11.3. The fraction of sp³-hybridized carbons (Fsp3) is 1.00. The molecule has 5 rings (SSSR count). The molecular weight excluding hydrogens is 380 g/mol. The van der Waals surface area contributed by atoms with E-state index in [-0.39, 0.29) is 11.5 Å². The average Bonchev–Trinajstić information content (AvgIpc) is 2.73. The monoisotopic (exact) mass is 424 g/mol. The van der Waals surface area contributed by atoms with Gasteiger partial charge in [0, 0.05) is 32.7 Å². The zero-order valence-corrected chi connectivity index (χ0v) is 19.9. The summed E-state index contributed by atoms with van der Waals surface area (Å²) in [7, 11) is 5.31. The van der Waals surface area contributed by atoms with E-state index in [0.29, 0.717) is 36.3 Å². The Bertz CT molecular complexity index is 580. The van der Waals surface area contributed by atoms with Crippen molar-refractivity contribution in [3.63, 3.8) is 0 Å². The fourth-order valence-corrected chi connectivity index (χ4v) is 9.00. The van der Waals surface area contributed by atoms with Crippen molar-refractivity contribution in [1.29, 1.82) is 0 Å². The third-order valence-corrected chi connectivity index (χ3v) is 9.92. The Hall–Kier alpha value is -0.200. The Kier molecular flexibility index (Phi) is 6.87. The van der Waals surface area contributed by atoms with Gasteiger partial charge in [-0.3, -0.25) is 0 Å². The minimum Gasteiger partial charge on any atom is -0.384 e. The van der Waals surface area contributed by atoms with Crippen LogP contribution in [0.2, 0.25) is 0 Å². The maximum Gasteiger partial charge on any atom is 0.146 e. The van der Waals surface area contributed by atoms with Gasteiger partial charge in [0.1, 0.15) is 13.6 Å². The first-order valence-electron chi connectivity index (χ1n) is 12.1. The SMILES string of the molecule is COCOC[C@H]1[C@@H]2CC[C@@]3(CC[C@@H]4[C@](C)(COC)CCC[C@@]4(C)[C@@H]3C2)[C@@H]1OCOC. The predicted molar refractivity (Wildman–Crippen MR) is 116 cm³/mol. The zero-order chi connectivity index (χ0) is 21.4. The lowest BCUT2D eigenvalue weighted by Gasteiger charge is -2.70. The highest BCUT2D eigenvalue weighted by atomic mass is 16.7. The third kappa shape index (κ3) is 3.57. The van der Waals surface area contributed by atoms with Crippen LogP contribution in [0.1, 0.15) is 65.2 Å². The molecule has 8 atom stereocenters. The summed E-state index contributed by atoms with van der Waals surface area (Å²) in [6, 6.07) is 0. The summed E-state index contributed by atoms with van der Waals surface area (Å²) in [5.41, 5.74) is 0.963. The van der Waals surface area contributed by atoms with E-state index in [1.165, 1.54) is 51.4 Å². The summed E-state index contributed by atoms with van der Waals surface area (Å²) >= 11 is 0. The summed E-state index contributed by atoms with van der Waals surface area (Å²) in [6.45, 7) is 7.51. The first-order chi connectivity index (χ1) is 14.4. The predicted octanol–water partition coefficient (Wildman–Crippen LogP) is 4.88. The second-order valence-corrected chi connectivity index (χ2v) is 11.3.